The summed E-state index contributed by atoms with van der Waals surface area (Å²) in [5, 5.41) is 1.03. The van der Waals surface area contributed by atoms with Gasteiger partial charge < -0.3 is 4.90 Å². The Labute approximate surface area is 159 Å². The third-order valence-electron chi connectivity index (χ3n) is 4.59. The van der Waals surface area contributed by atoms with Crippen LogP contribution in [0.25, 0.3) is 10.2 Å². The second kappa shape index (κ2) is 8.43. The van der Waals surface area contributed by atoms with Crippen LogP contribution in [0.15, 0.2) is 54.6 Å². The van der Waals surface area contributed by atoms with Gasteiger partial charge in [-0.15, -0.1) is 11.3 Å². The molecule has 0 fully saturated rings. The summed E-state index contributed by atoms with van der Waals surface area (Å²) in [4.78, 5) is 21.9. The van der Waals surface area contributed by atoms with Gasteiger partial charge in [-0.1, -0.05) is 42.5 Å². The van der Waals surface area contributed by atoms with Crippen molar-refractivity contribution in [1.82, 2.24) is 14.8 Å². The van der Waals surface area contributed by atoms with Gasteiger partial charge in [-0.3, -0.25) is 9.69 Å². The number of fused-ring (bicyclic) bond motifs is 1. The van der Waals surface area contributed by atoms with Crippen molar-refractivity contribution < 1.29 is 4.79 Å². The summed E-state index contributed by atoms with van der Waals surface area (Å²) in [6, 6.07) is 17.9. The van der Waals surface area contributed by atoms with Crippen molar-refractivity contribution in [3.8, 4) is 0 Å². The molecule has 136 valence electrons. The van der Waals surface area contributed by atoms with Gasteiger partial charge in [0.2, 0.25) is 5.91 Å². The van der Waals surface area contributed by atoms with Crippen molar-refractivity contribution in [3.05, 3.63) is 65.2 Å². The van der Waals surface area contributed by atoms with E-state index in [1.54, 1.807) is 11.3 Å². The lowest BCUT2D eigenvalue weighted by atomic mass is 10.0. The van der Waals surface area contributed by atoms with E-state index >= 15 is 0 Å². The van der Waals surface area contributed by atoms with E-state index in [9.17, 15) is 4.79 Å². The lowest BCUT2D eigenvalue weighted by Crippen LogP contribution is -2.41. The summed E-state index contributed by atoms with van der Waals surface area (Å²) in [6.07, 6.45) is 0. The van der Waals surface area contributed by atoms with Crippen molar-refractivity contribution >= 4 is 27.5 Å². The first kappa shape index (κ1) is 18.5. The molecule has 0 N–H and O–H groups in total. The number of amides is 1. The summed E-state index contributed by atoms with van der Waals surface area (Å²) in [7, 11) is 2.01. The fourth-order valence-electron chi connectivity index (χ4n) is 3.22. The number of rotatable bonds is 7. The van der Waals surface area contributed by atoms with E-state index in [0.717, 1.165) is 16.1 Å². The Morgan fingerprint density at radius 3 is 2.35 bits per heavy atom. The molecule has 5 heteroatoms. The van der Waals surface area contributed by atoms with Gasteiger partial charge in [-0.2, -0.15) is 0 Å². The molecule has 3 aromatic rings. The third-order valence-corrected chi connectivity index (χ3v) is 5.61. The second-order valence-electron chi connectivity index (χ2n) is 6.31. The lowest BCUT2D eigenvalue weighted by Gasteiger charge is -2.31. The van der Waals surface area contributed by atoms with Crippen LogP contribution >= 0.6 is 11.3 Å². The van der Waals surface area contributed by atoms with E-state index in [1.807, 2.05) is 74.3 Å². The highest BCUT2D eigenvalue weighted by Crippen LogP contribution is 2.27. The molecule has 1 atom stereocenters. The van der Waals surface area contributed by atoms with Crippen LogP contribution in [0.4, 0.5) is 0 Å². The van der Waals surface area contributed by atoms with Crippen LogP contribution < -0.4 is 0 Å². The highest BCUT2D eigenvalue weighted by molar-refractivity contribution is 7.18. The van der Waals surface area contributed by atoms with Gasteiger partial charge in [-0.25, -0.2) is 4.98 Å². The number of hydrogen-bond donors (Lipinski definition) is 0. The highest BCUT2D eigenvalue weighted by Gasteiger charge is 2.28. The van der Waals surface area contributed by atoms with Crippen molar-refractivity contribution in [2.24, 2.45) is 0 Å². The Bertz CT molecular complexity index is 825. The Kier molecular flexibility index (Phi) is 6.01. The summed E-state index contributed by atoms with van der Waals surface area (Å²) >= 11 is 1.69. The lowest BCUT2D eigenvalue weighted by molar-refractivity contribution is -0.136. The minimum Gasteiger partial charge on any atom is -0.342 e. The van der Waals surface area contributed by atoms with E-state index in [2.05, 4.69) is 11.0 Å². The summed E-state index contributed by atoms with van der Waals surface area (Å²) < 4.78 is 1.18. The highest BCUT2D eigenvalue weighted by atomic mass is 32.1. The summed E-state index contributed by atoms with van der Waals surface area (Å²) in [5.41, 5.74) is 2.04. The smallest absolute Gasteiger partial charge is 0.244 e. The molecular weight excluding hydrogens is 342 g/mol. The molecule has 1 amide bonds. The van der Waals surface area contributed by atoms with Crippen LogP contribution in [-0.4, -0.2) is 40.8 Å². The zero-order valence-corrected chi connectivity index (χ0v) is 16.4. The van der Waals surface area contributed by atoms with Crippen LogP contribution in [0, 0.1) is 0 Å². The fourth-order valence-corrected chi connectivity index (χ4v) is 4.25. The van der Waals surface area contributed by atoms with E-state index in [4.69, 9.17) is 4.98 Å². The first-order valence-electron chi connectivity index (χ1n) is 9.02. The maximum Gasteiger partial charge on any atom is 0.244 e. The van der Waals surface area contributed by atoms with E-state index in [1.165, 1.54) is 4.70 Å². The molecule has 4 nitrogen and oxygen atoms in total. The molecule has 0 bridgehead atoms. The molecule has 0 radical (unpaired) electrons. The molecule has 26 heavy (non-hydrogen) atoms. The number of benzene rings is 2. The summed E-state index contributed by atoms with van der Waals surface area (Å²) in [5.74, 6) is 0.143. The quantitative estimate of drug-likeness (QED) is 0.623. The van der Waals surface area contributed by atoms with Gasteiger partial charge in [0.05, 0.1) is 16.8 Å². The first-order chi connectivity index (χ1) is 12.6. The topological polar surface area (TPSA) is 36.4 Å². The molecule has 0 aliphatic carbocycles. The number of likely N-dealkylation sites (N-methyl/N-ethyl adjacent to an activating group) is 2. The standard InChI is InChI=1S/C21H25N3OS/c1-4-24(5-2)21(25)20(16-11-7-6-8-12-16)23(3)15-19-22-17-13-9-10-14-18(17)26-19/h6-14,20H,4-5,15H2,1-3H3. The number of hydrogen-bond acceptors (Lipinski definition) is 4. The minimum absolute atomic E-state index is 0.143. The fraction of sp³-hybridized carbons (Fsp3) is 0.333. The maximum atomic E-state index is 13.2. The van der Waals surface area contributed by atoms with Crippen LogP contribution in [0.3, 0.4) is 0 Å². The molecule has 1 aromatic heterocycles. The largest absolute Gasteiger partial charge is 0.342 e. The Morgan fingerprint density at radius 1 is 1.04 bits per heavy atom. The number of aromatic nitrogens is 1. The number of carbonyl (C=O) groups excluding carboxylic acids is 1. The average Bonchev–Trinajstić information content (AvgIpc) is 3.06. The van der Waals surface area contributed by atoms with Gasteiger partial charge in [0.25, 0.3) is 0 Å². The van der Waals surface area contributed by atoms with E-state index in [0.29, 0.717) is 19.6 Å². The molecule has 0 saturated heterocycles. The van der Waals surface area contributed by atoms with Gasteiger partial charge in [-0.05, 0) is 38.6 Å². The number of para-hydroxylation sites is 1. The molecule has 0 spiro atoms. The van der Waals surface area contributed by atoms with Gasteiger partial charge >= 0.3 is 0 Å². The van der Waals surface area contributed by atoms with Gasteiger partial charge in [0.1, 0.15) is 11.0 Å². The van der Waals surface area contributed by atoms with Crippen molar-refractivity contribution in [1.29, 1.82) is 0 Å². The Morgan fingerprint density at radius 2 is 1.69 bits per heavy atom. The molecule has 1 unspecified atom stereocenters. The summed E-state index contributed by atoms with van der Waals surface area (Å²) in [6.45, 7) is 6.13. The maximum absolute atomic E-state index is 13.2. The SMILES string of the molecule is CCN(CC)C(=O)C(c1ccccc1)N(C)Cc1nc2ccccc2s1. The van der Waals surface area contributed by atoms with E-state index < -0.39 is 0 Å². The van der Waals surface area contributed by atoms with Crippen molar-refractivity contribution in [3.63, 3.8) is 0 Å². The third kappa shape index (κ3) is 3.94. The molecule has 2 aromatic carbocycles. The molecule has 3 rings (SSSR count). The van der Waals surface area contributed by atoms with Gasteiger partial charge in [0.15, 0.2) is 0 Å². The van der Waals surface area contributed by atoms with Crippen molar-refractivity contribution in [2.45, 2.75) is 26.4 Å². The van der Waals surface area contributed by atoms with E-state index in [-0.39, 0.29) is 11.9 Å². The predicted molar refractivity (Wildman–Crippen MR) is 108 cm³/mol. The van der Waals surface area contributed by atoms with Gasteiger partial charge in [0, 0.05) is 13.1 Å². The molecule has 1 heterocycles. The van der Waals surface area contributed by atoms with Crippen molar-refractivity contribution in [2.75, 3.05) is 20.1 Å². The zero-order chi connectivity index (χ0) is 18.5. The molecule has 0 saturated carbocycles. The molecule has 0 aliphatic heterocycles. The molecule has 0 aliphatic rings. The van der Waals surface area contributed by atoms with Crippen LogP contribution in [0.1, 0.15) is 30.5 Å². The van der Waals surface area contributed by atoms with Crippen LogP contribution in [0.5, 0.6) is 0 Å². The average molecular weight is 368 g/mol. The minimum atomic E-state index is -0.303. The zero-order valence-electron chi connectivity index (χ0n) is 15.6. The number of carbonyl (C=O) groups is 1. The Hall–Kier alpha value is -2.24. The molecular formula is C21H25N3OS. The van der Waals surface area contributed by atoms with Crippen LogP contribution in [0.2, 0.25) is 0 Å². The monoisotopic (exact) mass is 367 g/mol. The second-order valence-corrected chi connectivity index (χ2v) is 7.43. The van der Waals surface area contributed by atoms with Crippen LogP contribution in [-0.2, 0) is 11.3 Å². The predicted octanol–water partition coefficient (Wildman–Crippen LogP) is 4.34. The first-order valence-corrected chi connectivity index (χ1v) is 9.84. The normalized spacial score (nSPS) is 12.5. The number of nitrogens with zero attached hydrogens (tertiary/aromatic N) is 3. The number of thiazole rings is 1. The Balaban J connectivity index is 1.88.